The van der Waals surface area contributed by atoms with Crippen molar-refractivity contribution in [3.8, 4) is 0 Å². The van der Waals surface area contributed by atoms with Gasteiger partial charge in [-0.3, -0.25) is 9.69 Å². The Labute approximate surface area is 177 Å². The number of halogens is 3. The number of aromatic nitrogens is 1. The first-order chi connectivity index (χ1) is 12.8. The average molecular weight is 443 g/mol. The number of carbonyl (C=O) groups is 1. The third-order valence-corrected chi connectivity index (χ3v) is 5.62. The zero-order valence-electron chi connectivity index (χ0n) is 14.9. The summed E-state index contributed by atoms with van der Waals surface area (Å²) in [6.45, 7) is 1.39. The van der Waals surface area contributed by atoms with Crippen LogP contribution in [-0.4, -0.2) is 43.0 Å². The fourth-order valence-corrected chi connectivity index (χ4v) is 4.46. The zero-order chi connectivity index (χ0) is 19.6. The van der Waals surface area contributed by atoms with Crippen LogP contribution in [-0.2, 0) is 0 Å². The summed E-state index contributed by atoms with van der Waals surface area (Å²) in [7, 11) is 4.01. The topological polar surface area (TPSA) is 36.4 Å². The van der Waals surface area contributed by atoms with Crippen molar-refractivity contribution in [2.45, 2.75) is 6.42 Å². The van der Waals surface area contributed by atoms with Gasteiger partial charge in [-0.25, -0.2) is 4.98 Å². The Bertz CT molecular complexity index is 954. The van der Waals surface area contributed by atoms with E-state index >= 15 is 0 Å². The van der Waals surface area contributed by atoms with E-state index in [0.29, 0.717) is 32.3 Å². The molecule has 142 valence electrons. The second-order valence-electron chi connectivity index (χ2n) is 6.38. The molecule has 0 aliphatic rings. The van der Waals surface area contributed by atoms with Crippen molar-refractivity contribution in [1.29, 1.82) is 0 Å². The highest BCUT2D eigenvalue weighted by Crippen LogP contribution is 2.32. The van der Waals surface area contributed by atoms with E-state index in [-0.39, 0.29) is 5.91 Å². The minimum atomic E-state index is -0.177. The average Bonchev–Trinajstić information content (AvgIpc) is 2.99. The van der Waals surface area contributed by atoms with Crippen molar-refractivity contribution in [3.05, 3.63) is 57.0 Å². The molecule has 27 heavy (non-hydrogen) atoms. The van der Waals surface area contributed by atoms with E-state index in [9.17, 15) is 4.79 Å². The van der Waals surface area contributed by atoms with Crippen LogP contribution in [0, 0.1) is 0 Å². The summed E-state index contributed by atoms with van der Waals surface area (Å²) in [5.41, 5.74) is 1.25. The number of thiazole rings is 1. The summed E-state index contributed by atoms with van der Waals surface area (Å²) in [6, 6.07) is 10.4. The summed E-state index contributed by atoms with van der Waals surface area (Å²) in [4.78, 5) is 21.6. The van der Waals surface area contributed by atoms with E-state index in [1.807, 2.05) is 26.2 Å². The first-order valence-electron chi connectivity index (χ1n) is 8.32. The van der Waals surface area contributed by atoms with E-state index in [0.717, 1.165) is 23.2 Å². The first-order valence-corrected chi connectivity index (χ1v) is 10.3. The smallest absolute Gasteiger partial charge is 0.260 e. The largest absolute Gasteiger partial charge is 0.309 e. The summed E-state index contributed by atoms with van der Waals surface area (Å²) in [6.07, 6.45) is 0.809. The highest BCUT2D eigenvalue weighted by molar-refractivity contribution is 7.22. The number of nitrogens with zero attached hydrogens (tertiary/aromatic N) is 3. The third kappa shape index (κ3) is 5.12. The predicted octanol–water partition coefficient (Wildman–Crippen LogP) is 5.86. The van der Waals surface area contributed by atoms with Crippen molar-refractivity contribution < 1.29 is 4.79 Å². The van der Waals surface area contributed by atoms with Gasteiger partial charge in [-0.05, 0) is 63.5 Å². The summed E-state index contributed by atoms with van der Waals surface area (Å²) in [5, 5.41) is 2.13. The number of hydrogen-bond acceptors (Lipinski definition) is 4. The molecular formula is C19H18Cl3N3OS. The fraction of sp³-hybridized carbons (Fsp3) is 0.263. The molecule has 0 saturated carbocycles. The number of benzene rings is 2. The van der Waals surface area contributed by atoms with Crippen molar-refractivity contribution in [3.63, 3.8) is 0 Å². The standard InChI is InChI=1S/C19H18Cl3N3OS/c1-24(2)6-3-7-25(18(26)12-8-14(21)10-15(22)9-12)19-23-16-5-4-13(20)11-17(16)27-19/h4-5,8-11H,3,6-7H2,1-2H3. The lowest BCUT2D eigenvalue weighted by Crippen LogP contribution is -2.33. The second-order valence-corrected chi connectivity index (χ2v) is 8.70. The molecule has 1 aromatic heterocycles. The second kappa shape index (κ2) is 8.76. The lowest BCUT2D eigenvalue weighted by molar-refractivity contribution is 0.0986. The van der Waals surface area contributed by atoms with Gasteiger partial charge in [0.25, 0.3) is 5.91 Å². The normalized spacial score (nSPS) is 11.3. The highest BCUT2D eigenvalue weighted by atomic mass is 35.5. The molecule has 4 nitrogen and oxygen atoms in total. The van der Waals surface area contributed by atoms with Crippen LogP contribution in [0.4, 0.5) is 5.13 Å². The number of rotatable bonds is 6. The van der Waals surface area contributed by atoms with E-state index in [1.165, 1.54) is 11.3 Å². The van der Waals surface area contributed by atoms with Crippen molar-refractivity contribution in [2.24, 2.45) is 0 Å². The number of anilines is 1. The Hall–Kier alpha value is -1.37. The van der Waals surface area contributed by atoms with Crippen LogP contribution < -0.4 is 4.90 Å². The molecule has 2 aromatic carbocycles. The number of amides is 1. The Morgan fingerprint density at radius 3 is 2.37 bits per heavy atom. The molecule has 0 aliphatic carbocycles. The molecule has 0 N–H and O–H groups in total. The van der Waals surface area contributed by atoms with Crippen LogP contribution in [0.2, 0.25) is 15.1 Å². The maximum atomic E-state index is 13.2. The van der Waals surface area contributed by atoms with Crippen molar-refractivity contribution in [1.82, 2.24) is 9.88 Å². The lowest BCUT2D eigenvalue weighted by Gasteiger charge is -2.21. The Morgan fingerprint density at radius 2 is 1.70 bits per heavy atom. The van der Waals surface area contributed by atoms with Crippen LogP contribution in [0.3, 0.4) is 0 Å². The van der Waals surface area contributed by atoms with Crippen molar-refractivity contribution >= 4 is 67.4 Å². The molecule has 8 heteroatoms. The quantitative estimate of drug-likeness (QED) is 0.480. The van der Waals surface area contributed by atoms with E-state index < -0.39 is 0 Å². The van der Waals surface area contributed by atoms with E-state index in [4.69, 9.17) is 34.8 Å². The molecule has 0 spiro atoms. The zero-order valence-corrected chi connectivity index (χ0v) is 18.0. The number of hydrogen-bond donors (Lipinski definition) is 0. The summed E-state index contributed by atoms with van der Waals surface area (Å²) in [5.74, 6) is -0.177. The van der Waals surface area contributed by atoms with Crippen LogP contribution in [0.15, 0.2) is 36.4 Å². The number of fused-ring (bicyclic) bond motifs is 1. The molecule has 0 fully saturated rings. The van der Waals surface area contributed by atoms with Gasteiger partial charge in [0.05, 0.1) is 10.2 Å². The lowest BCUT2D eigenvalue weighted by atomic mass is 10.2. The molecule has 3 aromatic rings. The van der Waals surface area contributed by atoms with Gasteiger partial charge in [0.15, 0.2) is 5.13 Å². The molecule has 0 unspecified atom stereocenters. The molecule has 0 radical (unpaired) electrons. The van der Waals surface area contributed by atoms with Gasteiger partial charge in [0.2, 0.25) is 0 Å². The van der Waals surface area contributed by atoms with Crippen molar-refractivity contribution in [2.75, 3.05) is 32.1 Å². The molecule has 1 amide bonds. The van der Waals surface area contributed by atoms with Gasteiger partial charge in [-0.1, -0.05) is 46.1 Å². The molecule has 3 rings (SSSR count). The maximum absolute atomic E-state index is 13.2. The molecule has 0 saturated heterocycles. The van der Waals surface area contributed by atoms with Crippen LogP contribution in [0.1, 0.15) is 16.8 Å². The van der Waals surface area contributed by atoms with Gasteiger partial charge in [-0.15, -0.1) is 0 Å². The summed E-state index contributed by atoms with van der Waals surface area (Å²) < 4.78 is 0.937. The van der Waals surface area contributed by atoms with Crippen LogP contribution in [0.5, 0.6) is 0 Å². The first kappa shape index (κ1) is 20.4. The molecule has 1 heterocycles. The van der Waals surface area contributed by atoms with E-state index in [2.05, 4.69) is 9.88 Å². The van der Waals surface area contributed by atoms with Gasteiger partial charge in [0.1, 0.15) is 0 Å². The molecular weight excluding hydrogens is 425 g/mol. The minimum Gasteiger partial charge on any atom is -0.309 e. The van der Waals surface area contributed by atoms with Gasteiger partial charge in [-0.2, -0.15) is 0 Å². The van der Waals surface area contributed by atoms with Gasteiger partial charge >= 0.3 is 0 Å². The SMILES string of the molecule is CN(C)CCCN(C(=O)c1cc(Cl)cc(Cl)c1)c1nc2ccc(Cl)cc2s1. The Kier molecular flexibility index (Phi) is 6.61. The monoisotopic (exact) mass is 441 g/mol. The predicted molar refractivity (Wildman–Crippen MR) is 116 cm³/mol. The van der Waals surface area contributed by atoms with Crippen LogP contribution >= 0.6 is 46.1 Å². The Balaban J connectivity index is 1.97. The molecule has 0 atom stereocenters. The highest BCUT2D eigenvalue weighted by Gasteiger charge is 2.22. The van der Waals surface area contributed by atoms with E-state index in [1.54, 1.807) is 29.2 Å². The maximum Gasteiger partial charge on any atom is 0.260 e. The summed E-state index contributed by atoms with van der Waals surface area (Å²) >= 11 is 19.7. The number of carbonyl (C=O) groups excluding carboxylic acids is 1. The Morgan fingerprint density at radius 1 is 1.00 bits per heavy atom. The van der Waals surface area contributed by atoms with Gasteiger partial charge in [0, 0.05) is 27.2 Å². The third-order valence-electron chi connectivity index (χ3n) is 3.91. The fourth-order valence-electron chi connectivity index (χ4n) is 2.66. The minimum absolute atomic E-state index is 0.177. The molecule has 0 bridgehead atoms. The molecule has 0 aliphatic heterocycles. The van der Waals surface area contributed by atoms with Crippen LogP contribution in [0.25, 0.3) is 10.2 Å². The van der Waals surface area contributed by atoms with Gasteiger partial charge < -0.3 is 4.90 Å².